The number of para-hydroxylation sites is 1. The number of amides is 1. The molecule has 5 nitrogen and oxygen atoms in total. The molecule has 1 amide bonds. The summed E-state index contributed by atoms with van der Waals surface area (Å²) in [6.45, 7) is 8.02. The highest BCUT2D eigenvalue weighted by Crippen LogP contribution is 2.15. The number of hydrogen-bond donors (Lipinski definition) is 2. The molecule has 0 aliphatic rings. The second kappa shape index (κ2) is 5.91. The van der Waals surface area contributed by atoms with Crippen LogP contribution in [0.25, 0.3) is 0 Å². The van der Waals surface area contributed by atoms with Crippen molar-refractivity contribution < 1.29 is 4.79 Å². The van der Waals surface area contributed by atoms with Crippen LogP contribution in [0.5, 0.6) is 0 Å². The van der Waals surface area contributed by atoms with E-state index in [0.29, 0.717) is 11.5 Å². The summed E-state index contributed by atoms with van der Waals surface area (Å²) in [6.07, 6.45) is 3.04. The van der Waals surface area contributed by atoms with E-state index in [2.05, 4.69) is 20.6 Å². The number of hydrogen-bond acceptors (Lipinski definition) is 4. The van der Waals surface area contributed by atoms with E-state index in [-0.39, 0.29) is 11.4 Å². The van der Waals surface area contributed by atoms with Gasteiger partial charge in [0.15, 0.2) is 0 Å². The molecule has 1 aromatic heterocycles. The van der Waals surface area contributed by atoms with Gasteiger partial charge in [0.2, 0.25) is 5.95 Å². The van der Waals surface area contributed by atoms with Gasteiger partial charge >= 0.3 is 0 Å². The predicted molar refractivity (Wildman–Crippen MR) is 84.5 cm³/mol. The van der Waals surface area contributed by atoms with Crippen LogP contribution >= 0.6 is 0 Å². The maximum absolute atomic E-state index is 12.2. The van der Waals surface area contributed by atoms with E-state index in [1.165, 1.54) is 12.4 Å². The fourth-order valence-corrected chi connectivity index (χ4v) is 1.75. The normalized spacial score (nSPS) is 11.0. The molecular weight excluding hydrogens is 264 g/mol. The second-order valence-corrected chi connectivity index (χ2v) is 5.94. The zero-order chi connectivity index (χ0) is 15.5. The third-order valence-corrected chi connectivity index (χ3v) is 2.79. The second-order valence-electron chi connectivity index (χ2n) is 5.94. The first-order valence-electron chi connectivity index (χ1n) is 6.82. The summed E-state index contributed by atoms with van der Waals surface area (Å²) >= 11 is 0. The summed E-state index contributed by atoms with van der Waals surface area (Å²) in [5.41, 5.74) is 2.11. The third-order valence-electron chi connectivity index (χ3n) is 2.79. The number of aryl methyl sites for hydroxylation is 1. The molecule has 0 saturated heterocycles. The Morgan fingerprint density at radius 2 is 1.71 bits per heavy atom. The van der Waals surface area contributed by atoms with E-state index in [1.54, 1.807) is 0 Å². The van der Waals surface area contributed by atoms with Gasteiger partial charge in [0.1, 0.15) is 0 Å². The van der Waals surface area contributed by atoms with Crippen LogP contribution in [-0.4, -0.2) is 21.4 Å². The number of carbonyl (C=O) groups excluding carboxylic acids is 1. The Morgan fingerprint density at radius 3 is 2.29 bits per heavy atom. The van der Waals surface area contributed by atoms with Crippen LogP contribution in [0, 0.1) is 6.92 Å². The Morgan fingerprint density at radius 1 is 1.10 bits per heavy atom. The zero-order valence-electron chi connectivity index (χ0n) is 12.8. The summed E-state index contributed by atoms with van der Waals surface area (Å²) in [6, 6.07) is 7.63. The van der Waals surface area contributed by atoms with Gasteiger partial charge in [-0.25, -0.2) is 9.97 Å². The molecule has 0 aliphatic carbocycles. The lowest BCUT2D eigenvalue weighted by molar-refractivity contribution is 0.102. The first kappa shape index (κ1) is 15.0. The standard InChI is InChI=1S/C16H20N4O/c1-11-7-5-6-8-13(11)19-14(21)12-9-17-15(18-10-12)20-16(2,3)4/h5-10H,1-4H3,(H,19,21)(H,17,18,20). The minimum Gasteiger partial charge on any atom is -0.350 e. The number of aromatic nitrogens is 2. The molecule has 0 aliphatic heterocycles. The fraction of sp³-hybridized carbons (Fsp3) is 0.312. The Balaban J connectivity index is 2.08. The SMILES string of the molecule is Cc1ccccc1NC(=O)c1cnc(NC(C)(C)C)nc1. The molecule has 0 saturated carbocycles. The van der Waals surface area contributed by atoms with Crippen molar-refractivity contribution in [3.8, 4) is 0 Å². The number of carbonyl (C=O) groups is 1. The van der Waals surface area contributed by atoms with Gasteiger partial charge < -0.3 is 10.6 Å². The van der Waals surface area contributed by atoms with Crippen LogP contribution in [0.4, 0.5) is 11.6 Å². The van der Waals surface area contributed by atoms with E-state index in [1.807, 2.05) is 52.0 Å². The first-order valence-corrected chi connectivity index (χ1v) is 6.82. The van der Waals surface area contributed by atoms with E-state index >= 15 is 0 Å². The maximum atomic E-state index is 12.2. The van der Waals surface area contributed by atoms with Crippen LogP contribution in [0.15, 0.2) is 36.7 Å². The van der Waals surface area contributed by atoms with Gasteiger partial charge in [-0.3, -0.25) is 4.79 Å². The summed E-state index contributed by atoms with van der Waals surface area (Å²) in [7, 11) is 0. The van der Waals surface area contributed by atoms with Crippen LogP contribution < -0.4 is 10.6 Å². The van der Waals surface area contributed by atoms with Gasteiger partial charge in [0.25, 0.3) is 5.91 Å². The largest absolute Gasteiger partial charge is 0.350 e. The van der Waals surface area contributed by atoms with Crippen molar-refractivity contribution >= 4 is 17.5 Å². The van der Waals surface area contributed by atoms with Gasteiger partial charge in [-0.15, -0.1) is 0 Å². The van der Waals surface area contributed by atoms with Crippen molar-refractivity contribution in [1.82, 2.24) is 9.97 Å². The molecule has 0 bridgehead atoms. The zero-order valence-corrected chi connectivity index (χ0v) is 12.8. The van der Waals surface area contributed by atoms with Gasteiger partial charge in [-0.2, -0.15) is 0 Å². The number of nitrogens with zero attached hydrogens (tertiary/aromatic N) is 2. The maximum Gasteiger partial charge on any atom is 0.258 e. The van der Waals surface area contributed by atoms with Gasteiger partial charge in [0, 0.05) is 23.6 Å². The van der Waals surface area contributed by atoms with Crippen molar-refractivity contribution in [1.29, 1.82) is 0 Å². The summed E-state index contributed by atoms with van der Waals surface area (Å²) in [5, 5.41) is 6.01. The lowest BCUT2D eigenvalue weighted by atomic mass is 10.1. The lowest BCUT2D eigenvalue weighted by Crippen LogP contribution is -2.27. The summed E-state index contributed by atoms with van der Waals surface area (Å²) in [5.74, 6) is 0.293. The molecule has 1 heterocycles. The Bertz CT molecular complexity index is 629. The molecule has 0 spiro atoms. The molecule has 2 aromatic rings. The highest BCUT2D eigenvalue weighted by molar-refractivity contribution is 6.04. The summed E-state index contributed by atoms with van der Waals surface area (Å²) in [4.78, 5) is 20.5. The van der Waals surface area contributed by atoms with Gasteiger partial charge in [-0.05, 0) is 39.3 Å². The minimum absolute atomic E-state index is 0.120. The number of anilines is 2. The van der Waals surface area contributed by atoms with Gasteiger partial charge in [0.05, 0.1) is 5.56 Å². The average Bonchev–Trinajstić information content (AvgIpc) is 2.40. The topological polar surface area (TPSA) is 66.9 Å². The van der Waals surface area contributed by atoms with Crippen LogP contribution in [0.1, 0.15) is 36.7 Å². The summed E-state index contributed by atoms with van der Waals surface area (Å²) < 4.78 is 0. The quantitative estimate of drug-likeness (QED) is 0.908. The van der Waals surface area contributed by atoms with E-state index in [9.17, 15) is 4.79 Å². The molecule has 0 fully saturated rings. The lowest BCUT2D eigenvalue weighted by Gasteiger charge is -2.20. The van der Waals surface area contributed by atoms with E-state index < -0.39 is 0 Å². The smallest absolute Gasteiger partial charge is 0.258 e. The molecule has 0 unspecified atom stereocenters. The molecule has 110 valence electrons. The number of benzene rings is 1. The molecule has 5 heteroatoms. The Hall–Kier alpha value is -2.43. The molecule has 2 rings (SSSR count). The predicted octanol–water partition coefficient (Wildman–Crippen LogP) is 3.25. The first-order chi connectivity index (χ1) is 9.85. The molecule has 2 N–H and O–H groups in total. The molecule has 21 heavy (non-hydrogen) atoms. The monoisotopic (exact) mass is 284 g/mol. The van der Waals surface area contributed by atoms with Gasteiger partial charge in [-0.1, -0.05) is 18.2 Å². The van der Waals surface area contributed by atoms with Crippen molar-refractivity contribution in [3.63, 3.8) is 0 Å². The van der Waals surface area contributed by atoms with Crippen molar-refractivity contribution in [3.05, 3.63) is 47.8 Å². The number of nitrogens with one attached hydrogen (secondary N) is 2. The van der Waals surface area contributed by atoms with Crippen LogP contribution in [-0.2, 0) is 0 Å². The minimum atomic E-state index is -0.216. The van der Waals surface area contributed by atoms with E-state index in [0.717, 1.165) is 11.3 Å². The van der Waals surface area contributed by atoms with Crippen LogP contribution in [0.3, 0.4) is 0 Å². The third kappa shape index (κ3) is 4.27. The van der Waals surface area contributed by atoms with Crippen molar-refractivity contribution in [2.45, 2.75) is 33.2 Å². The highest BCUT2D eigenvalue weighted by atomic mass is 16.1. The highest BCUT2D eigenvalue weighted by Gasteiger charge is 2.12. The van der Waals surface area contributed by atoms with Crippen molar-refractivity contribution in [2.24, 2.45) is 0 Å². The van der Waals surface area contributed by atoms with E-state index in [4.69, 9.17) is 0 Å². The molecule has 0 atom stereocenters. The van der Waals surface area contributed by atoms with Crippen LogP contribution in [0.2, 0.25) is 0 Å². The Kier molecular flexibility index (Phi) is 4.21. The molecular formula is C16H20N4O. The Labute approximate surface area is 124 Å². The number of rotatable bonds is 3. The van der Waals surface area contributed by atoms with Crippen molar-refractivity contribution in [2.75, 3.05) is 10.6 Å². The fourth-order valence-electron chi connectivity index (χ4n) is 1.75. The molecule has 1 aromatic carbocycles. The molecule has 0 radical (unpaired) electrons. The average molecular weight is 284 g/mol.